The zero-order chi connectivity index (χ0) is 19.1. The molecule has 7 heteroatoms. The van der Waals surface area contributed by atoms with Crippen molar-refractivity contribution in [3.8, 4) is 0 Å². The third-order valence-electron chi connectivity index (χ3n) is 4.67. The summed E-state index contributed by atoms with van der Waals surface area (Å²) in [6.07, 6.45) is 0. The second-order valence-electron chi connectivity index (χ2n) is 7.74. The van der Waals surface area contributed by atoms with Gasteiger partial charge in [-0.3, -0.25) is 14.9 Å². The Hall–Kier alpha value is -2.70. The van der Waals surface area contributed by atoms with Crippen LogP contribution in [0.2, 0.25) is 0 Å². The highest BCUT2D eigenvalue weighted by Gasteiger charge is 2.30. The van der Waals surface area contributed by atoms with Gasteiger partial charge in [0.05, 0.1) is 4.92 Å². The van der Waals surface area contributed by atoms with Crippen molar-refractivity contribution >= 4 is 28.2 Å². The van der Waals surface area contributed by atoms with Crippen LogP contribution in [0.25, 0.3) is 10.9 Å². The number of hydrogen-bond donors (Lipinski definition) is 0. The lowest BCUT2D eigenvalue weighted by atomic mass is 9.94. The van der Waals surface area contributed by atoms with E-state index >= 15 is 0 Å². The highest BCUT2D eigenvalue weighted by Crippen LogP contribution is 2.32. The molecule has 0 saturated carbocycles. The maximum Gasteiger partial charge on any atom is 0.295 e. The highest BCUT2D eigenvalue weighted by molar-refractivity contribution is 5.97. The summed E-state index contributed by atoms with van der Waals surface area (Å²) < 4.78 is 0. The van der Waals surface area contributed by atoms with E-state index in [0.29, 0.717) is 31.7 Å². The fourth-order valence-electron chi connectivity index (χ4n) is 3.37. The summed E-state index contributed by atoms with van der Waals surface area (Å²) in [4.78, 5) is 31.9. The average molecular weight is 356 g/mol. The number of aryl methyl sites for hydroxylation is 1. The maximum atomic E-state index is 12.5. The molecule has 0 bridgehead atoms. The fraction of sp³-hybridized carbons (Fsp3) is 0.474. The summed E-state index contributed by atoms with van der Waals surface area (Å²) in [6, 6.07) is 7.02. The molecule has 2 aromatic rings. The van der Waals surface area contributed by atoms with E-state index in [1.54, 1.807) is 6.07 Å². The minimum atomic E-state index is -0.390. The Morgan fingerprint density at radius 3 is 2.42 bits per heavy atom. The second kappa shape index (κ2) is 6.55. The van der Waals surface area contributed by atoms with Crippen molar-refractivity contribution in [3.63, 3.8) is 0 Å². The summed E-state index contributed by atoms with van der Waals surface area (Å²) in [6.45, 7) is 10.3. The quantitative estimate of drug-likeness (QED) is 0.610. The van der Waals surface area contributed by atoms with Crippen LogP contribution in [-0.2, 0) is 4.79 Å². The lowest BCUT2D eigenvalue weighted by Gasteiger charge is -2.39. The van der Waals surface area contributed by atoms with E-state index < -0.39 is 4.92 Å². The number of nitrogens with zero attached hydrogens (tertiary/aromatic N) is 4. The second-order valence-corrected chi connectivity index (χ2v) is 7.74. The lowest BCUT2D eigenvalue weighted by Crippen LogP contribution is -2.51. The number of aromatic nitrogens is 1. The van der Waals surface area contributed by atoms with Crippen molar-refractivity contribution < 1.29 is 9.72 Å². The van der Waals surface area contributed by atoms with Crippen molar-refractivity contribution in [2.24, 2.45) is 5.41 Å². The molecule has 1 fully saturated rings. The van der Waals surface area contributed by atoms with Crippen molar-refractivity contribution in [1.82, 2.24) is 9.88 Å². The van der Waals surface area contributed by atoms with Gasteiger partial charge in [0.25, 0.3) is 5.69 Å². The standard InChI is InChI=1S/C19H24N4O3/c1-13-12-16(14-6-5-7-15(23(25)26)17(14)20-13)21-8-10-22(11-9-21)18(24)19(2,3)4/h5-7,12H,8-11H2,1-4H3. The Balaban J connectivity index is 1.92. The van der Waals surface area contributed by atoms with E-state index in [1.807, 2.05) is 44.7 Å². The number of rotatable bonds is 2. The molecule has 26 heavy (non-hydrogen) atoms. The number of benzene rings is 1. The van der Waals surface area contributed by atoms with Crippen LogP contribution in [0.4, 0.5) is 11.4 Å². The van der Waals surface area contributed by atoms with Gasteiger partial charge >= 0.3 is 0 Å². The molecule has 7 nitrogen and oxygen atoms in total. The Kier molecular flexibility index (Phi) is 4.56. The van der Waals surface area contributed by atoms with E-state index in [1.165, 1.54) is 6.07 Å². The van der Waals surface area contributed by atoms with Crippen LogP contribution in [0.5, 0.6) is 0 Å². The number of pyridine rings is 1. The normalized spacial score (nSPS) is 15.4. The smallest absolute Gasteiger partial charge is 0.295 e. The van der Waals surface area contributed by atoms with Gasteiger partial charge in [0.15, 0.2) is 5.52 Å². The summed E-state index contributed by atoms with van der Waals surface area (Å²) in [5, 5.41) is 12.1. The van der Waals surface area contributed by atoms with Gasteiger partial charge in [-0.25, -0.2) is 4.98 Å². The van der Waals surface area contributed by atoms with Crippen LogP contribution in [0.1, 0.15) is 26.5 Å². The molecule has 0 aliphatic carbocycles. The molecule has 1 aliphatic rings. The zero-order valence-corrected chi connectivity index (χ0v) is 15.7. The number of carbonyl (C=O) groups is 1. The van der Waals surface area contributed by atoms with E-state index in [9.17, 15) is 14.9 Å². The molecule has 0 radical (unpaired) electrons. The van der Waals surface area contributed by atoms with E-state index in [0.717, 1.165) is 16.8 Å². The Labute approximate surface area is 152 Å². The molecule has 1 amide bonds. The van der Waals surface area contributed by atoms with Crippen molar-refractivity contribution in [2.75, 3.05) is 31.1 Å². The molecule has 1 saturated heterocycles. The predicted molar refractivity (Wildman–Crippen MR) is 101 cm³/mol. The van der Waals surface area contributed by atoms with E-state index in [-0.39, 0.29) is 17.0 Å². The molecular weight excluding hydrogens is 332 g/mol. The number of para-hydroxylation sites is 1. The maximum absolute atomic E-state index is 12.5. The molecule has 0 N–H and O–H groups in total. The number of carbonyl (C=O) groups excluding carboxylic acids is 1. The SMILES string of the molecule is Cc1cc(N2CCN(C(=O)C(C)(C)C)CC2)c2cccc([N+](=O)[O-])c2n1. The van der Waals surface area contributed by atoms with Gasteiger partial charge in [-0.15, -0.1) is 0 Å². The van der Waals surface area contributed by atoms with Gasteiger partial charge in [-0.2, -0.15) is 0 Å². The van der Waals surface area contributed by atoms with Gasteiger partial charge in [0.1, 0.15) is 0 Å². The topological polar surface area (TPSA) is 79.6 Å². The largest absolute Gasteiger partial charge is 0.367 e. The molecule has 138 valence electrons. The van der Waals surface area contributed by atoms with Crippen LogP contribution in [-0.4, -0.2) is 46.9 Å². The lowest BCUT2D eigenvalue weighted by molar-refractivity contribution is -0.383. The summed E-state index contributed by atoms with van der Waals surface area (Å²) >= 11 is 0. The first-order valence-corrected chi connectivity index (χ1v) is 8.77. The molecule has 1 aromatic carbocycles. The molecule has 0 unspecified atom stereocenters. The van der Waals surface area contributed by atoms with Crippen LogP contribution in [0, 0.1) is 22.5 Å². The molecule has 0 spiro atoms. The Morgan fingerprint density at radius 1 is 1.19 bits per heavy atom. The third kappa shape index (κ3) is 3.34. The van der Waals surface area contributed by atoms with E-state index in [4.69, 9.17) is 0 Å². The first-order chi connectivity index (χ1) is 12.2. The number of fused-ring (bicyclic) bond motifs is 1. The molecule has 3 rings (SSSR count). The van der Waals surface area contributed by atoms with Gasteiger partial charge in [0, 0.05) is 54.4 Å². The van der Waals surface area contributed by atoms with Crippen LogP contribution >= 0.6 is 0 Å². The molecule has 1 aliphatic heterocycles. The van der Waals surface area contributed by atoms with Crippen LogP contribution in [0.3, 0.4) is 0 Å². The number of non-ortho nitro benzene ring substituents is 1. The average Bonchev–Trinajstić information content (AvgIpc) is 2.59. The molecule has 2 heterocycles. The number of nitro benzene ring substituents is 1. The monoisotopic (exact) mass is 356 g/mol. The molecular formula is C19H24N4O3. The first-order valence-electron chi connectivity index (χ1n) is 8.77. The van der Waals surface area contributed by atoms with Gasteiger partial charge in [-0.1, -0.05) is 32.9 Å². The predicted octanol–water partition coefficient (Wildman–Crippen LogP) is 3.15. The molecule has 0 atom stereocenters. The van der Waals surface area contributed by atoms with E-state index in [2.05, 4.69) is 9.88 Å². The number of anilines is 1. The Bertz CT molecular complexity index is 865. The van der Waals surface area contributed by atoms with Gasteiger partial charge in [-0.05, 0) is 13.0 Å². The molecule has 1 aromatic heterocycles. The van der Waals surface area contributed by atoms with Gasteiger partial charge in [0.2, 0.25) is 5.91 Å². The van der Waals surface area contributed by atoms with Crippen molar-refractivity contribution in [1.29, 1.82) is 0 Å². The van der Waals surface area contributed by atoms with Crippen molar-refractivity contribution in [2.45, 2.75) is 27.7 Å². The third-order valence-corrected chi connectivity index (χ3v) is 4.67. The number of amides is 1. The summed E-state index contributed by atoms with van der Waals surface area (Å²) in [5.41, 5.74) is 1.74. The number of nitro groups is 1. The van der Waals surface area contributed by atoms with Crippen LogP contribution < -0.4 is 4.90 Å². The van der Waals surface area contributed by atoms with Crippen molar-refractivity contribution in [3.05, 3.63) is 40.1 Å². The van der Waals surface area contributed by atoms with Gasteiger partial charge < -0.3 is 9.80 Å². The summed E-state index contributed by atoms with van der Waals surface area (Å²) in [7, 11) is 0. The number of piperazine rings is 1. The minimum Gasteiger partial charge on any atom is -0.367 e. The number of hydrogen-bond acceptors (Lipinski definition) is 5. The Morgan fingerprint density at radius 2 is 1.85 bits per heavy atom. The highest BCUT2D eigenvalue weighted by atomic mass is 16.6. The first kappa shape index (κ1) is 18.1. The summed E-state index contributed by atoms with van der Waals surface area (Å²) in [5.74, 6) is 0.156. The van der Waals surface area contributed by atoms with Crippen LogP contribution in [0.15, 0.2) is 24.3 Å². The zero-order valence-electron chi connectivity index (χ0n) is 15.7. The minimum absolute atomic E-state index is 0.0222. The fourth-order valence-corrected chi connectivity index (χ4v) is 3.37.